The van der Waals surface area contributed by atoms with Gasteiger partial charge in [0.15, 0.2) is 16.6 Å². The second-order valence-electron chi connectivity index (χ2n) is 5.72. The largest absolute Gasteiger partial charge is 0.454 e. The maximum absolute atomic E-state index is 12.1. The van der Waals surface area contributed by atoms with Crippen molar-refractivity contribution in [2.75, 3.05) is 12.1 Å². The third kappa shape index (κ3) is 4.26. The molecule has 0 aliphatic carbocycles. The highest BCUT2D eigenvalue weighted by molar-refractivity contribution is 7.14. The van der Waals surface area contributed by atoms with E-state index in [4.69, 9.17) is 9.47 Å². The van der Waals surface area contributed by atoms with E-state index in [-0.39, 0.29) is 25.0 Å². The summed E-state index contributed by atoms with van der Waals surface area (Å²) in [7, 11) is 0. The number of nitrogens with zero attached hydrogens (tertiary/aromatic N) is 1. The van der Waals surface area contributed by atoms with Gasteiger partial charge in [-0.2, -0.15) is 0 Å². The lowest BCUT2D eigenvalue weighted by Crippen LogP contribution is -2.24. The van der Waals surface area contributed by atoms with Gasteiger partial charge in [-0.3, -0.25) is 14.9 Å². The maximum Gasteiger partial charge on any atom is 0.267 e. The summed E-state index contributed by atoms with van der Waals surface area (Å²) in [5, 5.41) is 9.68. The zero-order valence-corrected chi connectivity index (χ0v) is 15.7. The van der Waals surface area contributed by atoms with Crippen LogP contribution in [0.2, 0.25) is 0 Å². The van der Waals surface area contributed by atoms with Crippen molar-refractivity contribution in [2.24, 2.45) is 0 Å². The first-order valence-electron chi connectivity index (χ1n) is 8.12. The number of fused-ring (bicyclic) bond motifs is 1. The molecule has 0 bridgehead atoms. The molecule has 3 heterocycles. The van der Waals surface area contributed by atoms with Crippen LogP contribution in [0.3, 0.4) is 0 Å². The number of ether oxygens (including phenoxy) is 2. The van der Waals surface area contributed by atoms with Gasteiger partial charge in [-0.05, 0) is 29.1 Å². The van der Waals surface area contributed by atoms with Gasteiger partial charge in [0.1, 0.15) is 0 Å². The van der Waals surface area contributed by atoms with Crippen LogP contribution < -0.4 is 20.1 Å². The van der Waals surface area contributed by atoms with Crippen LogP contribution >= 0.6 is 22.7 Å². The van der Waals surface area contributed by atoms with E-state index in [0.29, 0.717) is 33.7 Å². The monoisotopic (exact) mass is 401 g/mol. The van der Waals surface area contributed by atoms with Crippen molar-refractivity contribution in [3.05, 3.63) is 57.2 Å². The van der Waals surface area contributed by atoms with Crippen LogP contribution in [0.4, 0.5) is 5.13 Å². The first-order valence-corrected chi connectivity index (χ1v) is 9.88. The smallest absolute Gasteiger partial charge is 0.267 e. The molecular weight excluding hydrogens is 386 g/mol. The standard InChI is InChI=1S/C18H15N3O4S2/c22-16(19-8-11-3-4-13-14(6-11)25-10-24-13)7-12-9-27-18(20-12)21-17(23)15-2-1-5-26-15/h1-6,9H,7-8,10H2,(H,19,22)(H,20,21,23). The van der Waals surface area contributed by atoms with Crippen LogP contribution in [0.25, 0.3) is 0 Å². The molecule has 2 N–H and O–H groups in total. The first-order chi connectivity index (χ1) is 13.2. The summed E-state index contributed by atoms with van der Waals surface area (Å²) < 4.78 is 10.6. The van der Waals surface area contributed by atoms with E-state index in [1.54, 1.807) is 11.4 Å². The van der Waals surface area contributed by atoms with Crippen LogP contribution in [0.15, 0.2) is 41.1 Å². The number of hydrogen-bond donors (Lipinski definition) is 2. The molecule has 1 aromatic carbocycles. The molecule has 7 nitrogen and oxygen atoms in total. The van der Waals surface area contributed by atoms with Crippen molar-refractivity contribution in [1.82, 2.24) is 10.3 Å². The third-order valence-electron chi connectivity index (χ3n) is 3.79. The second-order valence-corrected chi connectivity index (χ2v) is 7.52. The van der Waals surface area contributed by atoms with Crippen molar-refractivity contribution in [3.8, 4) is 11.5 Å². The molecule has 27 heavy (non-hydrogen) atoms. The molecule has 1 aliphatic rings. The fourth-order valence-electron chi connectivity index (χ4n) is 2.49. The zero-order valence-electron chi connectivity index (χ0n) is 14.1. The van der Waals surface area contributed by atoms with Gasteiger partial charge in [-0.1, -0.05) is 12.1 Å². The summed E-state index contributed by atoms with van der Waals surface area (Å²) in [5.41, 5.74) is 1.54. The van der Waals surface area contributed by atoms with Crippen molar-refractivity contribution >= 4 is 39.6 Å². The van der Waals surface area contributed by atoms with Gasteiger partial charge in [0.05, 0.1) is 17.0 Å². The summed E-state index contributed by atoms with van der Waals surface area (Å²) in [4.78, 5) is 29.1. The number of hydrogen-bond acceptors (Lipinski definition) is 7. The Bertz CT molecular complexity index is 969. The van der Waals surface area contributed by atoms with Gasteiger partial charge < -0.3 is 14.8 Å². The van der Waals surface area contributed by atoms with E-state index in [1.165, 1.54) is 22.7 Å². The Balaban J connectivity index is 1.28. The molecule has 4 rings (SSSR count). The predicted molar refractivity (Wildman–Crippen MR) is 103 cm³/mol. The Morgan fingerprint density at radius 2 is 2.04 bits per heavy atom. The molecule has 2 aromatic heterocycles. The lowest BCUT2D eigenvalue weighted by Gasteiger charge is -2.05. The molecule has 1 aliphatic heterocycles. The average molecular weight is 401 g/mol. The number of carbonyl (C=O) groups is 2. The van der Waals surface area contributed by atoms with E-state index in [1.807, 2.05) is 29.6 Å². The SMILES string of the molecule is O=C(Cc1csc(NC(=O)c2cccs2)n1)NCc1ccc2c(c1)OCO2. The van der Waals surface area contributed by atoms with Crippen LogP contribution in [0.1, 0.15) is 20.9 Å². The summed E-state index contributed by atoms with van der Waals surface area (Å²) >= 11 is 2.66. The van der Waals surface area contributed by atoms with Gasteiger partial charge in [0, 0.05) is 11.9 Å². The summed E-state index contributed by atoms with van der Waals surface area (Å²) in [5.74, 6) is 1.06. The minimum absolute atomic E-state index is 0.144. The highest BCUT2D eigenvalue weighted by atomic mass is 32.1. The number of amides is 2. The van der Waals surface area contributed by atoms with Gasteiger partial charge in [0.25, 0.3) is 5.91 Å². The summed E-state index contributed by atoms with van der Waals surface area (Å²) in [6.07, 6.45) is 0.149. The van der Waals surface area contributed by atoms with E-state index < -0.39 is 0 Å². The number of rotatable bonds is 6. The van der Waals surface area contributed by atoms with Crippen molar-refractivity contribution in [3.63, 3.8) is 0 Å². The molecule has 0 saturated carbocycles. The van der Waals surface area contributed by atoms with Crippen LogP contribution in [0, 0.1) is 0 Å². The van der Waals surface area contributed by atoms with Crippen molar-refractivity contribution in [2.45, 2.75) is 13.0 Å². The first kappa shape index (κ1) is 17.5. The fourth-order valence-corrected chi connectivity index (χ4v) is 3.81. The van der Waals surface area contributed by atoms with Gasteiger partial charge in [-0.25, -0.2) is 4.98 Å². The topological polar surface area (TPSA) is 89.6 Å². The maximum atomic E-state index is 12.1. The number of carbonyl (C=O) groups excluding carboxylic acids is 2. The second kappa shape index (κ2) is 7.77. The fraction of sp³-hybridized carbons (Fsp3) is 0.167. The summed E-state index contributed by atoms with van der Waals surface area (Å²) in [6.45, 7) is 0.613. The molecule has 0 radical (unpaired) electrons. The lowest BCUT2D eigenvalue weighted by molar-refractivity contribution is -0.120. The van der Waals surface area contributed by atoms with Crippen LogP contribution in [-0.4, -0.2) is 23.6 Å². The highest BCUT2D eigenvalue weighted by Gasteiger charge is 2.14. The molecular formula is C18H15N3O4S2. The van der Waals surface area contributed by atoms with E-state index in [0.717, 1.165) is 5.56 Å². The quantitative estimate of drug-likeness (QED) is 0.663. The molecule has 0 unspecified atom stereocenters. The van der Waals surface area contributed by atoms with Gasteiger partial charge in [-0.15, -0.1) is 22.7 Å². The molecule has 0 spiro atoms. The third-order valence-corrected chi connectivity index (χ3v) is 5.46. The molecule has 2 amide bonds. The Kier molecular flexibility index (Phi) is 5.03. The number of thiophene rings is 1. The number of thiazole rings is 1. The summed E-state index contributed by atoms with van der Waals surface area (Å²) in [6, 6.07) is 9.13. The Morgan fingerprint density at radius 1 is 1.15 bits per heavy atom. The molecule has 138 valence electrons. The molecule has 0 saturated heterocycles. The van der Waals surface area contributed by atoms with Crippen molar-refractivity contribution < 1.29 is 19.1 Å². The minimum atomic E-state index is -0.196. The Morgan fingerprint density at radius 3 is 2.89 bits per heavy atom. The number of aromatic nitrogens is 1. The molecule has 0 fully saturated rings. The Labute approximate surface area is 163 Å². The highest BCUT2D eigenvalue weighted by Crippen LogP contribution is 2.32. The van der Waals surface area contributed by atoms with Crippen molar-refractivity contribution in [1.29, 1.82) is 0 Å². The minimum Gasteiger partial charge on any atom is -0.454 e. The molecule has 3 aromatic rings. The Hall–Kier alpha value is -2.91. The zero-order chi connectivity index (χ0) is 18.6. The van der Waals surface area contributed by atoms with Crippen LogP contribution in [-0.2, 0) is 17.8 Å². The van der Waals surface area contributed by atoms with E-state index >= 15 is 0 Å². The number of benzene rings is 1. The molecule has 9 heteroatoms. The number of anilines is 1. The normalized spacial score (nSPS) is 12.0. The average Bonchev–Trinajstić information content (AvgIpc) is 3.41. The lowest BCUT2D eigenvalue weighted by atomic mass is 10.2. The number of nitrogens with one attached hydrogen (secondary N) is 2. The van der Waals surface area contributed by atoms with Crippen LogP contribution in [0.5, 0.6) is 11.5 Å². The van der Waals surface area contributed by atoms with E-state index in [9.17, 15) is 9.59 Å². The predicted octanol–water partition coefficient (Wildman–Crippen LogP) is 3.04. The van der Waals surface area contributed by atoms with Gasteiger partial charge >= 0.3 is 0 Å². The molecule has 0 atom stereocenters. The van der Waals surface area contributed by atoms with E-state index in [2.05, 4.69) is 15.6 Å². The van der Waals surface area contributed by atoms with Gasteiger partial charge in [0.2, 0.25) is 12.7 Å².